The molecule has 0 radical (unpaired) electrons. The summed E-state index contributed by atoms with van der Waals surface area (Å²) in [5.74, 6) is 0.116. The quantitative estimate of drug-likeness (QED) is 0.797. The number of benzene rings is 1. The van der Waals surface area contributed by atoms with Crippen LogP contribution in [-0.2, 0) is 11.3 Å². The van der Waals surface area contributed by atoms with Gasteiger partial charge in [-0.25, -0.2) is 4.39 Å². The summed E-state index contributed by atoms with van der Waals surface area (Å²) in [6.07, 6.45) is 3.72. The van der Waals surface area contributed by atoms with Crippen LogP contribution in [0.15, 0.2) is 42.6 Å². The third-order valence-electron chi connectivity index (χ3n) is 4.45. The molecule has 1 aliphatic rings. The Bertz CT molecular complexity index is 749. The van der Waals surface area contributed by atoms with Gasteiger partial charge >= 0.3 is 0 Å². The summed E-state index contributed by atoms with van der Waals surface area (Å²) in [6, 6.07) is 9.82. The first kappa shape index (κ1) is 18.3. The van der Waals surface area contributed by atoms with E-state index < -0.39 is 0 Å². The van der Waals surface area contributed by atoms with E-state index >= 15 is 0 Å². The smallest absolute Gasteiger partial charge is 0.261 e. The molecule has 5 nitrogen and oxygen atoms in total. The number of halogens is 1. The van der Waals surface area contributed by atoms with Gasteiger partial charge in [0, 0.05) is 19.3 Å². The van der Waals surface area contributed by atoms with Gasteiger partial charge in [-0.15, -0.1) is 0 Å². The highest BCUT2D eigenvalue weighted by atomic mass is 19.1. The van der Waals surface area contributed by atoms with E-state index in [1.54, 1.807) is 0 Å². The van der Waals surface area contributed by atoms with Crippen molar-refractivity contribution in [2.24, 2.45) is 0 Å². The van der Waals surface area contributed by atoms with E-state index in [1.807, 2.05) is 31.3 Å². The Morgan fingerprint density at radius 2 is 2.08 bits per heavy atom. The van der Waals surface area contributed by atoms with Gasteiger partial charge in [-0.05, 0) is 68.9 Å². The molecule has 1 fully saturated rings. The average Bonchev–Trinajstić information content (AvgIpc) is 3.10. The lowest BCUT2D eigenvalue weighted by atomic mass is 10.0. The van der Waals surface area contributed by atoms with Crippen molar-refractivity contribution >= 4 is 5.91 Å². The highest BCUT2D eigenvalue weighted by Gasteiger charge is 2.30. The van der Waals surface area contributed by atoms with E-state index in [1.165, 1.54) is 24.3 Å². The SMILES string of the molecule is CN(C)Cc1cc([C@@H]2CCCN2C(=O)COc2ccc(F)cc2)ccn1. The molecule has 2 aromatic rings. The van der Waals surface area contributed by atoms with Gasteiger partial charge in [-0.1, -0.05) is 0 Å². The largest absolute Gasteiger partial charge is 0.484 e. The molecule has 1 aromatic carbocycles. The Hall–Kier alpha value is -2.47. The first-order chi connectivity index (χ1) is 12.5. The van der Waals surface area contributed by atoms with Crippen molar-refractivity contribution in [3.8, 4) is 5.75 Å². The minimum atomic E-state index is -0.325. The zero-order chi connectivity index (χ0) is 18.5. The van der Waals surface area contributed by atoms with Crippen LogP contribution in [0.5, 0.6) is 5.75 Å². The van der Waals surface area contributed by atoms with Crippen molar-refractivity contribution in [3.63, 3.8) is 0 Å². The van der Waals surface area contributed by atoms with Crippen LogP contribution in [0.4, 0.5) is 4.39 Å². The summed E-state index contributed by atoms with van der Waals surface area (Å²) in [5.41, 5.74) is 2.11. The summed E-state index contributed by atoms with van der Waals surface area (Å²) >= 11 is 0. The molecule has 2 heterocycles. The monoisotopic (exact) mass is 357 g/mol. The lowest BCUT2D eigenvalue weighted by Gasteiger charge is -2.25. The van der Waals surface area contributed by atoms with Crippen LogP contribution in [0, 0.1) is 5.82 Å². The van der Waals surface area contributed by atoms with Gasteiger partial charge in [0.25, 0.3) is 5.91 Å². The number of carbonyl (C=O) groups excluding carboxylic acids is 1. The van der Waals surface area contributed by atoms with Gasteiger partial charge in [0.1, 0.15) is 11.6 Å². The van der Waals surface area contributed by atoms with Crippen LogP contribution in [0.1, 0.15) is 30.1 Å². The minimum Gasteiger partial charge on any atom is -0.484 e. The summed E-state index contributed by atoms with van der Waals surface area (Å²) < 4.78 is 18.5. The first-order valence-corrected chi connectivity index (χ1v) is 8.80. The van der Waals surface area contributed by atoms with Crippen molar-refractivity contribution in [2.45, 2.75) is 25.4 Å². The molecular weight excluding hydrogens is 333 g/mol. The maximum Gasteiger partial charge on any atom is 0.261 e. The number of likely N-dealkylation sites (tertiary alicyclic amines) is 1. The molecule has 0 saturated carbocycles. The molecule has 1 saturated heterocycles. The van der Waals surface area contributed by atoms with Gasteiger partial charge in [0.15, 0.2) is 6.61 Å². The number of pyridine rings is 1. The van der Waals surface area contributed by atoms with Gasteiger partial charge in [0.05, 0.1) is 11.7 Å². The van der Waals surface area contributed by atoms with Crippen LogP contribution in [-0.4, -0.2) is 47.9 Å². The minimum absolute atomic E-state index is 0.0439. The molecule has 6 heteroatoms. The van der Waals surface area contributed by atoms with Crippen molar-refractivity contribution in [1.82, 2.24) is 14.8 Å². The number of hydrogen-bond acceptors (Lipinski definition) is 4. The number of amides is 1. The van der Waals surface area contributed by atoms with E-state index in [0.717, 1.165) is 37.2 Å². The molecule has 138 valence electrons. The van der Waals surface area contributed by atoms with Crippen LogP contribution in [0.2, 0.25) is 0 Å². The highest BCUT2D eigenvalue weighted by Crippen LogP contribution is 2.32. The van der Waals surface area contributed by atoms with E-state index in [-0.39, 0.29) is 24.4 Å². The Balaban J connectivity index is 1.65. The maximum atomic E-state index is 12.9. The topological polar surface area (TPSA) is 45.7 Å². The van der Waals surface area contributed by atoms with E-state index in [4.69, 9.17) is 4.74 Å². The number of ether oxygens (including phenoxy) is 1. The zero-order valence-corrected chi connectivity index (χ0v) is 15.2. The third-order valence-corrected chi connectivity index (χ3v) is 4.45. The second-order valence-electron chi connectivity index (χ2n) is 6.81. The Morgan fingerprint density at radius 1 is 1.31 bits per heavy atom. The van der Waals surface area contributed by atoms with Crippen LogP contribution < -0.4 is 4.74 Å². The lowest BCUT2D eigenvalue weighted by molar-refractivity contribution is -0.134. The number of rotatable bonds is 6. The molecule has 0 unspecified atom stereocenters. The molecule has 26 heavy (non-hydrogen) atoms. The highest BCUT2D eigenvalue weighted by molar-refractivity contribution is 5.78. The summed E-state index contributed by atoms with van der Waals surface area (Å²) in [7, 11) is 4.01. The fourth-order valence-electron chi connectivity index (χ4n) is 3.29. The Morgan fingerprint density at radius 3 is 2.81 bits per heavy atom. The molecule has 0 aliphatic carbocycles. The van der Waals surface area contributed by atoms with Crippen LogP contribution in [0.3, 0.4) is 0 Å². The summed E-state index contributed by atoms with van der Waals surface area (Å²) in [5, 5.41) is 0. The molecule has 1 aromatic heterocycles. The second kappa shape index (κ2) is 8.27. The average molecular weight is 357 g/mol. The molecular formula is C20H24FN3O2. The molecule has 1 amide bonds. The third kappa shape index (κ3) is 4.58. The molecule has 0 bridgehead atoms. The van der Waals surface area contributed by atoms with Gasteiger partial charge in [0.2, 0.25) is 0 Å². The number of hydrogen-bond donors (Lipinski definition) is 0. The number of aromatic nitrogens is 1. The normalized spacial score (nSPS) is 16.9. The van der Waals surface area contributed by atoms with Crippen molar-refractivity contribution in [1.29, 1.82) is 0 Å². The van der Waals surface area contributed by atoms with Gasteiger partial charge < -0.3 is 14.5 Å². The standard InChI is InChI=1S/C20H24FN3O2/c1-23(2)13-17-12-15(9-10-22-17)19-4-3-11-24(19)20(25)14-26-18-7-5-16(21)6-8-18/h5-10,12,19H,3-4,11,13-14H2,1-2H3/t19-/m0/s1. The van der Waals surface area contributed by atoms with Crippen LogP contribution in [0.25, 0.3) is 0 Å². The predicted molar refractivity (Wildman–Crippen MR) is 97.2 cm³/mol. The summed E-state index contributed by atoms with van der Waals surface area (Å²) in [4.78, 5) is 21.0. The Kier molecular flexibility index (Phi) is 5.83. The molecule has 3 rings (SSSR count). The van der Waals surface area contributed by atoms with Crippen molar-refractivity contribution < 1.29 is 13.9 Å². The van der Waals surface area contributed by atoms with Crippen molar-refractivity contribution in [2.75, 3.05) is 27.2 Å². The maximum absolute atomic E-state index is 12.9. The second-order valence-corrected chi connectivity index (χ2v) is 6.81. The van der Waals surface area contributed by atoms with E-state index in [2.05, 4.69) is 16.0 Å². The van der Waals surface area contributed by atoms with E-state index in [9.17, 15) is 9.18 Å². The van der Waals surface area contributed by atoms with Gasteiger partial charge in [-0.3, -0.25) is 9.78 Å². The Labute approximate surface area is 153 Å². The molecule has 1 atom stereocenters. The zero-order valence-electron chi connectivity index (χ0n) is 15.2. The molecule has 1 aliphatic heterocycles. The molecule has 0 spiro atoms. The fraction of sp³-hybridized carbons (Fsp3) is 0.400. The first-order valence-electron chi connectivity index (χ1n) is 8.80. The van der Waals surface area contributed by atoms with Crippen LogP contribution >= 0.6 is 0 Å². The molecule has 0 N–H and O–H groups in total. The number of nitrogens with zero attached hydrogens (tertiary/aromatic N) is 3. The van der Waals surface area contributed by atoms with Gasteiger partial charge in [-0.2, -0.15) is 0 Å². The van der Waals surface area contributed by atoms with E-state index in [0.29, 0.717) is 5.75 Å². The fourth-order valence-corrected chi connectivity index (χ4v) is 3.29. The lowest BCUT2D eigenvalue weighted by Crippen LogP contribution is -2.34. The summed E-state index contributed by atoms with van der Waals surface area (Å²) in [6.45, 7) is 1.45. The van der Waals surface area contributed by atoms with Crippen molar-refractivity contribution in [3.05, 3.63) is 59.7 Å². The number of carbonyl (C=O) groups is 1. The predicted octanol–water partition coefficient (Wildman–Crippen LogP) is 3.02.